The predicted molar refractivity (Wildman–Crippen MR) is 176 cm³/mol. The molecule has 0 bridgehead atoms. The lowest BCUT2D eigenvalue weighted by Crippen LogP contribution is -2.01. The Hall–Kier alpha value is -5.26. The predicted octanol–water partition coefficient (Wildman–Crippen LogP) is 10.5. The Morgan fingerprint density at radius 2 is 1.61 bits per heavy atom. The molecule has 228 valence electrons. The number of hydrogen-bond donors (Lipinski definition) is 0. The first-order valence-corrected chi connectivity index (χ1v) is 15.2. The van der Waals surface area contributed by atoms with Crippen LogP contribution in [-0.2, 0) is 4.74 Å². The molecule has 0 aliphatic carbocycles. The van der Waals surface area contributed by atoms with Crippen LogP contribution in [0.3, 0.4) is 0 Å². The molecule has 6 aromatic rings. The van der Waals surface area contributed by atoms with Crippen molar-refractivity contribution < 1.29 is 22.7 Å². The highest BCUT2D eigenvalue weighted by Crippen LogP contribution is 2.47. The third-order valence-corrected chi connectivity index (χ3v) is 9.03. The van der Waals surface area contributed by atoms with E-state index < -0.39 is 18.2 Å². The number of ether oxygens (including phenoxy) is 1. The molecule has 5 aromatic carbocycles. The van der Waals surface area contributed by atoms with Crippen LogP contribution in [0.15, 0.2) is 108 Å². The van der Waals surface area contributed by atoms with Crippen molar-refractivity contribution in [1.82, 2.24) is 3.97 Å². The van der Waals surface area contributed by atoms with Crippen molar-refractivity contribution in [3.63, 3.8) is 0 Å². The van der Waals surface area contributed by atoms with Gasteiger partial charge in [0, 0.05) is 32.5 Å². The second-order valence-corrected chi connectivity index (χ2v) is 11.9. The van der Waals surface area contributed by atoms with E-state index in [1.165, 1.54) is 43.3 Å². The van der Waals surface area contributed by atoms with E-state index in [2.05, 4.69) is 12.1 Å². The van der Waals surface area contributed by atoms with E-state index in [9.17, 15) is 23.2 Å². The number of esters is 1. The lowest BCUT2D eigenvalue weighted by Gasteiger charge is -2.17. The summed E-state index contributed by atoms with van der Waals surface area (Å²) in [5, 5.41) is 10.7. The van der Waals surface area contributed by atoms with E-state index in [0.717, 1.165) is 33.5 Å². The number of carbonyl (C=O) groups excluding carboxylic acids is 1. The largest absolute Gasteiger partial charge is 0.465 e. The minimum atomic E-state index is -2.59. The minimum absolute atomic E-state index is 0.0789. The van der Waals surface area contributed by atoms with Crippen molar-refractivity contribution in [2.75, 3.05) is 7.11 Å². The topological polar surface area (TPSA) is 55.0 Å². The van der Waals surface area contributed by atoms with Gasteiger partial charge in [0.2, 0.25) is 0 Å². The van der Waals surface area contributed by atoms with Gasteiger partial charge in [-0.05, 0) is 103 Å². The Morgan fingerprint density at radius 1 is 0.848 bits per heavy atom. The number of methoxy groups -OCH3 is 1. The van der Waals surface area contributed by atoms with Gasteiger partial charge in [-0.1, -0.05) is 48.5 Å². The van der Waals surface area contributed by atoms with Crippen LogP contribution in [0.4, 0.5) is 13.2 Å². The van der Waals surface area contributed by atoms with Gasteiger partial charge in [-0.15, -0.1) is 0 Å². The third kappa shape index (κ3) is 5.66. The molecule has 0 aliphatic heterocycles. The van der Waals surface area contributed by atoms with Crippen LogP contribution in [0.1, 0.15) is 39.0 Å². The number of aromatic nitrogens is 1. The number of carbonyl (C=O) groups is 1. The number of hydrogen-bond acceptors (Lipinski definition) is 4. The molecule has 0 N–H and O–H groups in total. The van der Waals surface area contributed by atoms with Crippen molar-refractivity contribution in [2.24, 2.45) is 0 Å². The number of rotatable bonds is 7. The highest BCUT2D eigenvalue weighted by molar-refractivity contribution is 7.98. The fourth-order valence-electron chi connectivity index (χ4n) is 5.70. The minimum Gasteiger partial charge on any atom is -0.465 e. The maximum Gasteiger partial charge on any atom is 0.337 e. The zero-order valence-corrected chi connectivity index (χ0v) is 26.0. The van der Waals surface area contributed by atoms with E-state index in [1.54, 1.807) is 42.5 Å². The molecule has 0 saturated heterocycles. The van der Waals surface area contributed by atoms with E-state index >= 15 is 0 Å². The van der Waals surface area contributed by atoms with Crippen molar-refractivity contribution in [2.45, 2.75) is 25.2 Å². The number of aryl methyl sites for hydroxylation is 2. The van der Waals surface area contributed by atoms with E-state index in [1.807, 2.05) is 48.2 Å². The second kappa shape index (κ2) is 12.6. The smallest absolute Gasteiger partial charge is 0.337 e. The lowest BCUT2D eigenvalue weighted by atomic mass is 9.90. The molecule has 8 heteroatoms. The van der Waals surface area contributed by atoms with Gasteiger partial charge in [0.05, 0.1) is 35.5 Å². The number of nitriles is 1. The average molecular weight is 633 g/mol. The molecule has 0 atom stereocenters. The first kappa shape index (κ1) is 30.8. The summed E-state index contributed by atoms with van der Waals surface area (Å²) in [6.45, 7) is 3.91. The SMILES string of the molecule is COC(=O)c1ccc(-c2ccc(C)c(-c3c(-c4ccccc4C#N)c4cc(F)ccc4n3Sc3ccc(C(F)F)cc3)c2)c(C)c1. The standard InChI is InChI=1S/C38H27F3N2O2S/c1-22-8-9-25(30-16-12-26(18-23(30)2)38(44)45-3)19-32(22)36-35(31-7-5-4-6-27(31)21-42)33-20-28(39)13-17-34(33)43(36)46-29-14-10-24(11-15-29)37(40)41/h4-20,37H,1-3H3. The van der Waals surface area contributed by atoms with Crippen LogP contribution < -0.4 is 0 Å². The summed E-state index contributed by atoms with van der Waals surface area (Å²) >= 11 is 1.33. The van der Waals surface area contributed by atoms with E-state index in [-0.39, 0.29) is 5.56 Å². The Morgan fingerprint density at radius 3 is 2.30 bits per heavy atom. The van der Waals surface area contributed by atoms with Crippen molar-refractivity contribution in [3.05, 3.63) is 137 Å². The number of halogens is 3. The Kier molecular flexibility index (Phi) is 8.44. The number of nitrogens with zero attached hydrogens (tertiary/aromatic N) is 2. The van der Waals surface area contributed by atoms with Crippen LogP contribution >= 0.6 is 11.9 Å². The van der Waals surface area contributed by atoms with Gasteiger partial charge in [0.15, 0.2) is 0 Å². The van der Waals surface area contributed by atoms with Gasteiger partial charge in [-0.2, -0.15) is 5.26 Å². The van der Waals surface area contributed by atoms with Gasteiger partial charge >= 0.3 is 5.97 Å². The summed E-state index contributed by atoms with van der Waals surface area (Å²) in [4.78, 5) is 12.9. The maximum absolute atomic E-state index is 14.9. The fourth-order valence-corrected chi connectivity index (χ4v) is 6.71. The van der Waals surface area contributed by atoms with Crippen molar-refractivity contribution >= 4 is 28.8 Å². The molecule has 0 radical (unpaired) electrons. The molecule has 0 amide bonds. The molecule has 1 aromatic heterocycles. The molecule has 4 nitrogen and oxygen atoms in total. The summed E-state index contributed by atoms with van der Waals surface area (Å²) in [6, 6.07) is 31.6. The molecule has 1 heterocycles. The second-order valence-electron chi connectivity index (χ2n) is 10.8. The van der Waals surface area contributed by atoms with Crippen LogP contribution in [-0.4, -0.2) is 17.1 Å². The molecule has 6 rings (SSSR count). The van der Waals surface area contributed by atoms with Gasteiger partial charge in [0.1, 0.15) is 5.82 Å². The molecule has 0 saturated carbocycles. The van der Waals surface area contributed by atoms with Crippen molar-refractivity contribution in [3.8, 4) is 39.6 Å². The lowest BCUT2D eigenvalue weighted by molar-refractivity contribution is 0.0600. The number of benzene rings is 5. The first-order valence-electron chi connectivity index (χ1n) is 14.4. The summed E-state index contributed by atoms with van der Waals surface area (Å²) in [5.74, 6) is -0.847. The van der Waals surface area contributed by atoms with Gasteiger partial charge in [-0.3, -0.25) is 3.97 Å². The number of alkyl halides is 2. The van der Waals surface area contributed by atoms with Crippen LogP contribution in [0.2, 0.25) is 0 Å². The monoisotopic (exact) mass is 632 g/mol. The van der Waals surface area contributed by atoms with Crippen LogP contribution in [0.5, 0.6) is 0 Å². The Balaban J connectivity index is 1.65. The molecule has 0 fully saturated rings. The molecule has 0 aliphatic rings. The summed E-state index contributed by atoms with van der Waals surface area (Å²) in [7, 11) is 1.34. The third-order valence-electron chi connectivity index (χ3n) is 7.98. The molecule has 0 unspecified atom stereocenters. The van der Waals surface area contributed by atoms with E-state index in [4.69, 9.17) is 4.74 Å². The summed E-state index contributed by atoms with van der Waals surface area (Å²) in [6.07, 6.45) is -2.59. The van der Waals surface area contributed by atoms with Gasteiger partial charge < -0.3 is 4.74 Å². The van der Waals surface area contributed by atoms with Crippen molar-refractivity contribution in [1.29, 1.82) is 5.26 Å². The molecule has 46 heavy (non-hydrogen) atoms. The first-order chi connectivity index (χ1) is 22.2. The van der Waals surface area contributed by atoms with Gasteiger partial charge in [-0.25, -0.2) is 18.0 Å². The fraction of sp³-hybridized carbons (Fsp3) is 0.105. The number of fused-ring (bicyclic) bond motifs is 1. The van der Waals surface area contributed by atoms with E-state index in [0.29, 0.717) is 38.1 Å². The Labute approximate surface area is 268 Å². The average Bonchev–Trinajstić information content (AvgIpc) is 3.37. The maximum atomic E-state index is 14.9. The zero-order chi connectivity index (χ0) is 32.5. The summed E-state index contributed by atoms with van der Waals surface area (Å²) in [5.41, 5.74) is 8.01. The molecule has 0 spiro atoms. The normalized spacial score (nSPS) is 11.2. The van der Waals surface area contributed by atoms with Crippen LogP contribution in [0.25, 0.3) is 44.4 Å². The zero-order valence-electron chi connectivity index (χ0n) is 25.1. The molecular formula is C38H27F3N2O2S. The quantitative estimate of drug-likeness (QED) is 0.164. The van der Waals surface area contributed by atoms with Crippen LogP contribution in [0, 0.1) is 31.0 Å². The molecular weight excluding hydrogens is 605 g/mol. The van der Waals surface area contributed by atoms with Gasteiger partial charge in [0.25, 0.3) is 6.43 Å². The Bertz CT molecular complexity index is 2160. The summed E-state index contributed by atoms with van der Waals surface area (Å²) < 4.78 is 48.5. The highest BCUT2D eigenvalue weighted by atomic mass is 32.2. The highest BCUT2D eigenvalue weighted by Gasteiger charge is 2.25.